The molecule has 0 fully saturated rings. The molecule has 14 heteroatoms. The largest absolute Gasteiger partial charge is 0.447 e. The average Bonchev–Trinajstić information content (AvgIpc) is 2.97. The third kappa shape index (κ3) is 14.4. The molecular weight excluding hydrogens is 608 g/mol. The van der Waals surface area contributed by atoms with Crippen molar-refractivity contribution in [1.29, 1.82) is 10.5 Å². The molecule has 0 bridgehead atoms. The van der Waals surface area contributed by atoms with Crippen LogP contribution >= 0.6 is 0 Å². The summed E-state index contributed by atoms with van der Waals surface area (Å²) in [7, 11) is 0. The van der Waals surface area contributed by atoms with Gasteiger partial charge in [0.25, 0.3) is 0 Å². The number of rotatable bonds is 13. The van der Waals surface area contributed by atoms with Gasteiger partial charge in [-0.1, -0.05) is 12.1 Å². The third-order valence-corrected chi connectivity index (χ3v) is 5.97. The topological polar surface area (TPSA) is 202 Å². The van der Waals surface area contributed by atoms with E-state index in [-0.39, 0.29) is 43.3 Å². The number of benzene rings is 2. The van der Waals surface area contributed by atoms with Crippen LogP contribution in [0.3, 0.4) is 0 Å². The highest BCUT2D eigenvalue weighted by Crippen LogP contribution is 2.26. The second-order valence-electron chi connectivity index (χ2n) is 12.2. The zero-order chi connectivity index (χ0) is 35.3. The molecule has 0 saturated heterocycles. The van der Waals surface area contributed by atoms with E-state index in [1.54, 1.807) is 58.9 Å². The van der Waals surface area contributed by atoms with Crippen LogP contribution in [0.5, 0.6) is 11.5 Å². The average molecular weight is 649 g/mol. The highest BCUT2D eigenvalue weighted by molar-refractivity contribution is 5.86. The number of carbonyl (C=O) groups excluding carboxylic acids is 4. The Morgan fingerprint density at radius 2 is 1.17 bits per heavy atom. The second-order valence-corrected chi connectivity index (χ2v) is 12.2. The molecule has 0 radical (unpaired) electrons. The van der Waals surface area contributed by atoms with Crippen molar-refractivity contribution in [2.75, 3.05) is 10.6 Å². The molecular formula is C33H40N6O8. The molecule has 2 amide bonds. The smallest absolute Gasteiger partial charge is 0.412 e. The SMILES string of the molecule is CC(C)OC(=O)Nc1cccc(OC(=O)CCC(C)(C#N)N=NC(C)(C#N)CCC(=O)Oc2cccc(NC(=O)OC(C)(C)C)c2)c1. The van der Waals surface area contributed by atoms with Crippen LogP contribution in [-0.4, -0.2) is 46.9 Å². The van der Waals surface area contributed by atoms with E-state index in [2.05, 4.69) is 20.9 Å². The van der Waals surface area contributed by atoms with Crippen LogP contribution in [0.25, 0.3) is 0 Å². The van der Waals surface area contributed by atoms with Crippen LogP contribution < -0.4 is 20.1 Å². The number of nitriles is 2. The van der Waals surface area contributed by atoms with Gasteiger partial charge >= 0.3 is 24.1 Å². The number of anilines is 2. The minimum Gasteiger partial charge on any atom is -0.447 e. The van der Waals surface area contributed by atoms with Crippen molar-refractivity contribution in [3.8, 4) is 23.6 Å². The molecule has 0 aromatic heterocycles. The fraction of sp³-hybridized carbons (Fsp3) is 0.455. The number of nitrogens with zero attached hydrogens (tertiary/aromatic N) is 4. The Kier molecular flexibility index (Phi) is 13.4. The zero-order valence-electron chi connectivity index (χ0n) is 27.6. The maximum Gasteiger partial charge on any atom is 0.412 e. The van der Waals surface area contributed by atoms with Gasteiger partial charge in [0.2, 0.25) is 0 Å². The number of carbonyl (C=O) groups is 4. The summed E-state index contributed by atoms with van der Waals surface area (Å²) in [6.45, 7) is 11.5. The summed E-state index contributed by atoms with van der Waals surface area (Å²) in [6.07, 6.45) is -2.17. The van der Waals surface area contributed by atoms with Crippen LogP contribution in [0.4, 0.5) is 21.0 Å². The van der Waals surface area contributed by atoms with Gasteiger partial charge in [0.1, 0.15) is 17.1 Å². The Morgan fingerprint density at radius 1 is 0.745 bits per heavy atom. The van der Waals surface area contributed by atoms with Gasteiger partial charge in [-0.25, -0.2) is 9.59 Å². The van der Waals surface area contributed by atoms with Crippen LogP contribution in [0.2, 0.25) is 0 Å². The van der Waals surface area contributed by atoms with Gasteiger partial charge in [0.05, 0.1) is 18.2 Å². The molecule has 47 heavy (non-hydrogen) atoms. The second kappa shape index (κ2) is 16.7. The molecule has 0 aliphatic rings. The van der Waals surface area contributed by atoms with E-state index in [1.807, 2.05) is 12.1 Å². The van der Waals surface area contributed by atoms with E-state index < -0.39 is 40.8 Å². The van der Waals surface area contributed by atoms with Crippen molar-refractivity contribution in [2.24, 2.45) is 10.2 Å². The van der Waals surface area contributed by atoms with E-state index >= 15 is 0 Å². The number of azo groups is 1. The summed E-state index contributed by atoms with van der Waals surface area (Å²) in [5.74, 6) is -0.963. The third-order valence-electron chi connectivity index (χ3n) is 5.97. The minimum absolute atomic E-state index is 0.0677. The number of hydrogen-bond donors (Lipinski definition) is 2. The molecule has 2 rings (SSSR count). The van der Waals surface area contributed by atoms with Crippen molar-refractivity contribution in [3.63, 3.8) is 0 Å². The lowest BCUT2D eigenvalue weighted by atomic mass is 9.97. The van der Waals surface area contributed by atoms with Crippen molar-refractivity contribution in [2.45, 2.75) is 96.9 Å². The van der Waals surface area contributed by atoms with Gasteiger partial charge in [0, 0.05) is 36.3 Å². The van der Waals surface area contributed by atoms with Crippen molar-refractivity contribution in [3.05, 3.63) is 48.5 Å². The van der Waals surface area contributed by atoms with Gasteiger partial charge in [-0.05, 0) is 85.6 Å². The predicted molar refractivity (Wildman–Crippen MR) is 171 cm³/mol. The summed E-state index contributed by atoms with van der Waals surface area (Å²) in [4.78, 5) is 48.9. The summed E-state index contributed by atoms with van der Waals surface area (Å²) in [5.41, 5.74) is -2.91. The molecule has 0 spiro atoms. The quantitative estimate of drug-likeness (QED) is 0.128. The van der Waals surface area contributed by atoms with Gasteiger partial charge in [0.15, 0.2) is 11.1 Å². The van der Waals surface area contributed by atoms with Crippen LogP contribution in [-0.2, 0) is 19.1 Å². The van der Waals surface area contributed by atoms with E-state index in [4.69, 9.17) is 18.9 Å². The Bertz CT molecular complexity index is 1560. The van der Waals surface area contributed by atoms with Crippen molar-refractivity contribution >= 4 is 35.5 Å². The molecule has 2 N–H and O–H groups in total. The first-order valence-corrected chi connectivity index (χ1v) is 14.8. The van der Waals surface area contributed by atoms with E-state index in [0.717, 1.165) is 0 Å². The maximum atomic E-state index is 12.6. The summed E-state index contributed by atoms with van der Waals surface area (Å²) >= 11 is 0. The fourth-order valence-electron chi connectivity index (χ4n) is 3.59. The molecule has 2 atom stereocenters. The Labute approximate surface area is 274 Å². The molecule has 250 valence electrons. The number of ether oxygens (including phenoxy) is 4. The molecule has 14 nitrogen and oxygen atoms in total. The molecule has 0 saturated carbocycles. The minimum atomic E-state index is -1.47. The zero-order valence-corrected chi connectivity index (χ0v) is 27.6. The predicted octanol–water partition coefficient (Wildman–Crippen LogP) is 7.08. The van der Waals surface area contributed by atoms with Gasteiger partial charge in [-0.2, -0.15) is 20.8 Å². The number of esters is 2. The molecule has 0 aliphatic carbocycles. The fourth-order valence-corrected chi connectivity index (χ4v) is 3.59. The lowest BCUT2D eigenvalue weighted by molar-refractivity contribution is -0.135. The van der Waals surface area contributed by atoms with Crippen LogP contribution in [0, 0.1) is 22.7 Å². The summed E-state index contributed by atoms with van der Waals surface area (Å²) in [6, 6.07) is 16.3. The molecule has 2 unspecified atom stereocenters. The number of nitrogens with one attached hydrogen (secondary N) is 2. The van der Waals surface area contributed by atoms with Crippen LogP contribution in [0.1, 0.15) is 74.1 Å². The highest BCUT2D eigenvalue weighted by atomic mass is 16.6. The Morgan fingerprint density at radius 3 is 1.55 bits per heavy atom. The number of hydrogen-bond acceptors (Lipinski definition) is 12. The number of amides is 2. The lowest BCUT2D eigenvalue weighted by Crippen LogP contribution is -2.27. The maximum absolute atomic E-state index is 12.6. The Balaban J connectivity index is 1.93. The highest BCUT2D eigenvalue weighted by Gasteiger charge is 2.30. The molecule has 2 aromatic rings. The van der Waals surface area contributed by atoms with E-state index in [9.17, 15) is 29.7 Å². The van der Waals surface area contributed by atoms with Crippen LogP contribution in [0.15, 0.2) is 58.8 Å². The van der Waals surface area contributed by atoms with E-state index in [1.165, 1.54) is 38.1 Å². The van der Waals surface area contributed by atoms with Crippen molar-refractivity contribution < 1.29 is 38.1 Å². The normalized spacial score (nSPS) is 13.7. The first-order chi connectivity index (χ1) is 21.9. The Hall–Kier alpha value is -5.50. The monoisotopic (exact) mass is 648 g/mol. The molecule has 2 aromatic carbocycles. The van der Waals surface area contributed by atoms with E-state index in [0.29, 0.717) is 11.4 Å². The molecule has 0 heterocycles. The summed E-state index contributed by atoms with van der Waals surface area (Å²) < 4.78 is 20.9. The standard InChI is InChI=1S/C33H40N6O8/c1-22(2)44-29(42)36-23-10-8-12-25(18-23)45-27(40)14-16-32(6,20-34)38-39-33(7,21-35)17-15-28(41)46-26-13-9-11-24(19-26)37-30(43)47-31(3,4)5/h8-13,18-19,22H,14-17H2,1-7H3,(H,36,42)(H,37,43). The lowest BCUT2D eigenvalue weighted by Gasteiger charge is -2.20. The van der Waals surface area contributed by atoms with Crippen molar-refractivity contribution in [1.82, 2.24) is 0 Å². The summed E-state index contributed by atoms with van der Waals surface area (Å²) in [5, 5.41) is 32.7. The van der Waals surface area contributed by atoms with Gasteiger partial charge in [-0.15, -0.1) is 0 Å². The van der Waals surface area contributed by atoms with Gasteiger partial charge in [-0.3, -0.25) is 20.2 Å². The first-order valence-electron chi connectivity index (χ1n) is 14.8. The first kappa shape index (κ1) is 37.7. The molecule has 0 aliphatic heterocycles. The van der Waals surface area contributed by atoms with Gasteiger partial charge < -0.3 is 18.9 Å².